The van der Waals surface area contributed by atoms with E-state index < -0.39 is 0 Å². The first kappa shape index (κ1) is 19.2. The van der Waals surface area contributed by atoms with E-state index in [-0.39, 0.29) is 11.6 Å². The van der Waals surface area contributed by atoms with Crippen LogP contribution in [0.2, 0.25) is 0 Å². The van der Waals surface area contributed by atoms with Gasteiger partial charge in [0.15, 0.2) is 0 Å². The molecule has 0 spiro atoms. The molecule has 2 N–H and O–H groups in total. The summed E-state index contributed by atoms with van der Waals surface area (Å²) in [6.45, 7) is 4.14. The number of nitrogens with zero attached hydrogens (tertiary/aromatic N) is 2. The summed E-state index contributed by atoms with van der Waals surface area (Å²) in [6, 6.07) is 16.3. The van der Waals surface area contributed by atoms with Crippen LogP contribution in [0.3, 0.4) is 0 Å². The van der Waals surface area contributed by atoms with E-state index in [4.69, 9.17) is 9.47 Å². The number of rotatable bonds is 7. The molecule has 0 aliphatic heterocycles. The summed E-state index contributed by atoms with van der Waals surface area (Å²) < 4.78 is 10.7. The molecule has 2 aromatic carbocycles. The lowest BCUT2D eigenvalue weighted by molar-refractivity contribution is 0.102. The minimum Gasteiger partial charge on any atom is -0.497 e. The molecule has 0 aliphatic carbocycles. The number of anilines is 3. The monoisotopic (exact) mass is 378 g/mol. The van der Waals surface area contributed by atoms with Crippen molar-refractivity contribution in [3.63, 3.8) is 0 Å². The van der Waals surface area contributed by atoms with Crippen LogP contribution >= 0.6 is 0 Å². The molecular weight excluding hydrogens is 356 g/mol. The third-order valence-corrected chi connectivity index (χ3v) is 3.87. The summed E-state index contributed by atoms with van der Waals surface area (Å²) in [5.41, 5.74) is 1.68. The van der Waals surface area contributed by atoms with Gasteiger partial charge in [-0.15, -0.1) is 0 Å². The van der Waals surface area contributed by atoms with Gasteiger partial charge in [-0.1, -0.05) is 12.1 Å². The number of para-hydroxylation sites is 2. The first-order chi connectivity index (χ1) is 13.6. The zero-order valence-corrected chi connectivity index (χ0v) is 16.0. The normalized spacial score (nSPS) is 10.2. The molecule has 0 saturated heterocycles. The van der Waals surface area contributed by atoms with Crippen LogP contribution in [0.15, 0.2) is 54.6 Å². The minimum absolute atomic E-state index is 0.259. The lowest BCUT2D eigenvalue weighted by Gasteiger charge is -2.12. The fourth-order valence-corrected chi connectivity index (χ4v) is 2.61. The molecular formula is C21H22N4O3. The molecule has 0 atom stereocenters. The maximum atomic E-state index is 12.7. The second kappa shape index (κ2) is 8.85. The molecule has 1 aromatic heterocycles. The molecule has 7 nitrogen and oxygen atoms in total. The number of ether oxygens (including phenoxy) is 2. The van der Waals surface area contributed by atoms with Crippen molar-refractivity contribution in [1.82, 2.24) is 9.97 Å². The van der Waals surface area contributed by atoms with E-state index in [2.05, 4.69) is 20.6 Å². The highest BCUT2D eigenvalue weighted by Gasteiger charge is 2.13. The quantitative estimate of drug-likeness (QED) is 0.641. The lowest BCUT2D eigenvalue weighted by Crippen LogP contribution is -2.16. The van der Waals surface area contributed by atoms with Crippen LogP contribution in [-0.4, -0.2) is 29.6 Å². The molecule has 1 heterocycles. The van der Waals surface area contributed by atoms with E-state index in [9.17, 15) is 4.79 Å². The zero-order chi connectivity index (χ0) is 19.9. The van der Waals surface area contributed by atoms with Crippen molar-refractivity contribution in [1.29, 1.82) is 0 Å². The van der Waals surface area contributed by atoms with Crippen molar-refractivity contribution in [2.75, 3.05) is 24.4 Å². The van der Waals surface area contributed by atoms with Crippen LogP contribution in [0, 0.1) is 6.92 Å². The summed E-state index contributed by atoms with van der Waals surface area (Å²) in [5.74, 6) is 2.05. The summed E-state index contributed by atoms with van der Waals surface area (Å²) in [7, 11) is 1.62. The maximum Gasteiger partial charge on any atom is 0.274 e. The first-order valence-electron chi connectivity index (χ1n) is 8.89. The van der Waals surface area contributed by atoms with Gasteiger partial charge >= 0.3 is 0 Å². The molecule has 1 amide bonds. The summed E-state index contributed by atoms with van der Waals surface area (Å²) >= 11 is 0. The van der Waals surface area contributed by atoms with E-state index in [1.807, 2.05) is 43.3 Å². The van der Waals surface area contributed by atoms with Crippen molar-refractivity contribution < 1.29 is 14.3 Å². The van der Waals surface area contributed by atoms with Crippen LogP contribution in [0.25, 0.3) is 0 Å². The van der Waals surface area contributed by atoms with E-state index >= 15 is 0 Å². The third-order valence-electron chi connectivity index (χ3n) is 3.87. The van der Waals surface area contributed by atoms with Gasteiger partial charge in [0.2, 0.25) is 0 Å². The Morgan fingerprint density at radius 2 is 1.82 bits per heavy atom. The Kier molecular flexibility index (Phi) is 6.06. The second-order valence-electron chi connectivity index (χ2n) is 5.92. The van der Waals surface area contributed by atoms with Crippen molar-refractivity contribution >= 4 is 23.1 Å². The third kappa shape index (κ3) is 4.76. The Balaban J connectivity index is 1.79. The number of carbonyl (C=O) groups excluding carboxylic acids is 1. The van der Waals surface area contributed by atoms with Crippen molar-refractivity contribution in [3.05, 3.63) is 66.1 Å². The Morgan fingerprint density at radius 3 is 2.54 bits per heavy atom. The SMILES string of the molecule is CCOc1ccccc1NC(=O)c1cc(Nc2ccc(OC)cc2)nc(C)n1. The Morgan fingerprint density at radius 1 is 1.07 bits per heavy atom. The van der Waals surface area contributed by atoms with E-state index in [0.717, 1.165) is 11.4 Å². The number of nitrogens with one attached hydrogen (secondary N) is 2. The molecule has 0 aliphatic rings. The highest BCUT2D eigenvalue weighted by atomic mass is 16.5. The standard InChI is InChI=1S/C21H22N4O3/c1-4-28-19-8-6-5-7-17(19)25-21(26)18-13-20(23-14(2)22-18)24-15-9-11-16(27-3)12-10-15/h5-13H,4H2,1-3H3,(H,25,26)(H,22,23,24). The first-order valence-corrected chi connectivity index (χ1v) is 8.89. The number of methoxy groups -OCH3 is 1. The van der Waals surface area contributed by atoms with Crippen molar-refractivity contribution in [3.8, 4) is 11.5 Å². The molecule has 0 fully saturated rings. The summed E-state index contributed by atoms with van der Waals surface area (Å²) in [5, 5.41) is 6.02. The Labute approximate surface area is 163 Å². The van der Waals surface area contributed by atoms with Crippen LogP contribution < -0.4 is 20.1 Å². The molecule has 3 aromatic rings. The number of aromatic nitrogens is 2. The molecule has 28 heavy (non-hydrogen) atoms. The van der Waals surface area contributed by atoms with Gasteiger partial charge in [0, 0.05) is 11.8 Å². The molecule has 0 bridgehead atoms. The van der Waals surface area contributed by atoms with Crippen LogP contribution in [0.5, 0.6) is 11.5 Å². The minimum atomic E-state index is -0.338. The fourth-order valence-electron chi connectivity index (χ4n) is 2.61. The highest BCUT2D eigenvalue weighted by Crippen LogP contribution is 2.25. The zero-order valence-electron chi connectivity index (χ0n) is 16.0. The average molecular weight is 378 g/mol. The second-order valence-corrected chi connectivity index (χ2v) is 5.92. The smallest absolute Gasteiger partial charge is 0.274 e. The predicted octanol–water partition coefficient (Wildman–Crippen LogP) is 4.19. The van der Waals surface area contributed by atoms with Gasteiger partial charge in [-0.25, -0.2) is 9.97 Å². The lowest BCUT2D eigenvalue weighted by atomic mass is 10.2. The van der Waals surface area contributed by atoms with Gasteiger partial charge in [-0.05, 0) is 50.2 Å². The number of hydrogen-bond acceptors (Lipinski definition) is 6. The van der Waals surface area contributed by atoms with E-state index in [1.165, 1.54) is 0 Å². The van der Waals surface area contributed by atoms with Crippen LogP contribution in [0.4, 0.5) is 17.2 Å². The van der Waals surface area contributed by atoms with Crippen LogP contribution in [-0.2, 0) is 0 Å². The van der Waals surface area contributed by atoms with Crippen molar-refractivity contribution in [2.24, 2.45) is 0 Å². The molecule has 0 unspecified atom stereocenters. The molecule has 144 valence electrons. The largest absolute Gasteiger partial charge is 0.497 e. The number of hydrogen-bond donors (Lipinski definition) is 2. The van der Waals surface area contributed by atoms with Gasteiger partial charge < -0.3 is 20.1 Å². The van der Waals surface area contributed by atoms with Gasteiger partial charge in [-0.3, -0.25) is 4.79 Å². The van der Waals surface area contributed by atoms with Gasteiger partial charge in [-0.2, -0.15) is 0 Å². The Bertz CT molecular complexity index is 958. The van der Waals surface area contributed by atoms with Crippen LogP contribution in [0.1, 0.15) is 23.2 Å². The van der Waals surface area contributed by atoms with Gasteiger partial charge in [0.25, 0.3) is 5.91 Å². The fraction of sp³-hybridized carbons (Fsp3) is 0.190. The topological polar surface area (TPSA) is 85.4 Å². The van der Waals surface area contributed by atoms with Gasteiger partial charge in [0.1, 0.15) is 28.8 Å². The summed E-state index contributed by atoms with van der Waals surface area (Å²) in [4.78, 5) is 21.3. The van der Waals surface area contributed by atoms with Crippen molar-refractivity contribution in [2.45, 2.75) is 13.8 Å². The molecule has 7 heteroatoms. The summed E-state index contributed by atoms with van der Waals surface area (Å²) in [6.07, 6.45) is 0. The Hall–Kier alpha value is -3.61. The number of amides is 1. The van der Waals surface area contributed by atoms with E-state index in [1.54, 1.807) is 32.2 Å². The highest BCUT2D eigenvalue weighted by molar-refractivity contribution is 6.04. The maximum absolute atomic E-state index is 12.7. The number of aryl methyl sites for hydroxylation is 1. The van der Waals surface area contributed by atoms with Gasteiger partial charge in [0.05, 0.1) is 19.4 Å². The molecule has 0 saturated carbocycles. The number of benzene rings is 2. The molecule has 3 rings (SSSR count). The van der Waals surface area contributed by atoms with E-state index in [0.29, 0.717) is 29.7 Å². The average Bonchev–Trinajstić information content (AvgIpc) is 2.70. The number of carbonyl (C=O) groups is 1. The predicted molar refractivity (Wildman–Crippen MR) is 109 cm³/mol. The molecule has 0 radical (unpaired) electrons.